The van der Waals surface area contributed by atoms with Crippen molar-refractivity contribution >= 4 is 17.5 Å². The molecule has 0 N–H and O–H groups in total. The van der Waals surface area contributed by atoms with E-state index in [0.29, 0.717) is 16.3 Å². The van der Waals surface area contributed by atoms with E-state index >= 15 is 0 Å². The predicted molar refractivity (Wildman–Crippen MR) is 105 cm³/mol. The number of carbonyl (C=O) groups is 1. The number of hydrogen-bond acceptors (Lipinski definition) is 3. The van der Waals surface area contributed by atoms with E-state index in [4.69, 9.17) is 16.3 Å². The molecule has 2 aromatic carbocycles. The third-order valence-corrected chi connectivity index (χ3v) is 5.16. The molecule has 1 fully saturated rings. The lowest BCUT2D eigenvalue weighted by atomic mass is 10.1. The summed E-state index contributed by atoms with van der Waals surface area (Å²) >= 11 is 6.01. The third kappa shape index (κ3) is 4.37. The van der Waals surface area contributed by atoms with Gasteiger partial charge in [0.2, 0.25) is 0 Å². The standard InChI is InChI=1S/C21H25ClN2O2/c1-16-6-3-4-7-17(16)15-23-10-5-11-24(13-12-23)21(25)19-9-8-18(22)14-20(19)26-2/h3-4,6-9,14H,5,10-13,15H2,1-2H3. The third-order valence-electron chi connectivity index (χ3n) is 4.92. The predicted octanol–water partition coefficient (Wildman–Crippen LogP) is 4.01. The summed E-state index contributed by atoms with van der Waals surface area (Å²) in [6.45, 7) is 6.42. The van der Waals surface area contributed by atoms with Crippen LogP contribution in [0, 0.1) is 6.92 Å². The van der Waals surface area contributed by atoms with Gasteiger partial charge in [-0.25, -0.2) is 0 Å². The molecule has 138 valence electrons. The minimum Gasteiger partial charge on any atom is -0.496 e. The van der Waals surface area contributed by atoms with Crippen LogP contribution in [0.2, 0.25) is 5.02 Å². The molecule has 1 saturated heterocycles. The van der Waals surface area contributed by atoms with Crippen molar-refractivity contribution in [3.63, 3.8) is 0 Å². The maximum atomic E-state index is 12.9. The van der Waals surface area contributed by atoms with Gasteiger partial charge in [0.15, 0.2) is 0 Å². The molecule has 0 spiro atoms. The Morgan fingerprint density at radius 2 is 1.92 bits per heavy atom. The van der Waals surface area contributed by atoms with Gasteiger partial charge in [-0.05, 0) is 42.7 Å². The minimum absolute atomic E-state index is 0.0104. The second-order valence-electron chi connectivity index (χ2n) is 6.69. The molecule has 26 heavy (non-hydrogen) atoms. The highest BCUT2D eigenvalue weighted by molar-refractivity contribution is 6.30. The Labute approximate surface area is 160 Å². The fourth-order valence-electron chi connectivity index (χ4n) is 3.37. The first-order valence-corrected chi connectivity index (χ1v) is 9.36. The molecule has 5 heteroatoms. The van der Waals surface area contributed by atoms with Crippen molar-refractivity contribution < 1.29 is 9.53 Å². The average molecular weight is 373 g/mol. The van der Waals surface area contributed by atoms with Gasteiger partial charge in [0.25, 0.3) is 5.91 Å². The van der Waals surface area contributed by atoms with E-state index in [1.165, 1.54) is 11.1 Å². The Balaban J connectivity index is 1.67. The van der Waals surface area contributed by atoms with Crippen molar-refractivity contribution in [2.45, 2.75) is 19.9 Å². The van der Waals surface area contributed by atoms with Crippen molar-refractivity contribution in [2.24, 2.45) is 0 Å². The Hall–Kier alpha value is -2.04. The smallest absolute Gasteiger partial charge is 0.257 e. The van der Waals surface area contributed by atoms with Crippen molar-refractivity contribution in [1.29, 1.82) is 0 Å². The van der Waals surface area contributed by atoms with Crippen LogP contribution in [0.1, 0.15) is 27.9 Å². The number of nitrogens with zero attached hydrogens (tertiary/aromatic N) is 2. The van der Waals surface area contributed by atoms with Crippen LogP contribution in [0.25, 0.3) is 0 Å². The quantitative estimate of drug-likeness (QED) is 0.813. The summed E-state index contributed by atoms with van der Waals surface area (Å²) in [6, 6.07) is 13.7. The summed E-state index contributed by atoms with van der Waals surface area (Å²) in [7, 11) is 1.56. The molecule has 0 saturated carbocycles. The molecule has 0 unspecified atom stereocenters. The van der Waals surface area contributed by atoms with Crippen LogP contribution in [0.5, 0.6) is 5.75 Å². The number of hydrogen-bond donors (Lipinski definition) is 0. The van der Waals surface area contributed by atoms with Gasteiger partial charge >= 0.3 is 0 Å². The van der Waals surface area contributed by atoms with Gasteiger partial charge in [0.05, 0.1) is 12.7 Å². The average Bonchev–Trinajstić information content (AvgIpc) is 2.88. The number of halogens is 1. The fraction of sp³-hybridized carbons (Fsp3) is 0.381. The number of amides is 1. The maximum absolute atomic E-state index is 12.9. The normalized spacial score (nSPS) is 15.6. The first-order valence-electron chi connectivity index (χ1n) is 8.98. The molecular formula is C21H25ClN2O2. The monoisotopic (exact) mass is 372 g/mol. The lowest BCUT2D eigenvalue weighted by Crippen LogP contribution is -2.35. The highest BCUT2D eigenvalue weighted by Crippen LogP contribution is 2.25. The molecule has 1 aliphatic rings. The van der Waals surface area contributed by atoms with Crippen molar-refractivity contribution in [2.75, 3.05) is 33.3 Å². The molecule has 4 nitrogen and oxygen atoms in total. The number of benzene rings is 2. The van der Waals surface area contributed by atoms with Gasteiger partial charge in [0.1, 0.15) is 5.75 Å². The number of ether oxygens (including phenoxy) is 1. The molecule has 1 heterocycles. The van der Waals surface area contributed by atoms with Crippen molar-refractivity contribution in [3.8, 4) is 5.75 Å². The van der Waals surface area contributed by atoms with Crippen LogP contribution in [0.15, 0.2) is 42.5 Å². The van der Waals surface area contributed by atoms with Gasteiger partial charge in [-0.3, -0.25) is 9.69 Å². The van der Waals surface area contributed by atoms with Crippen LogP contribution < -0.4 is 4.74 Å². The first kappa shape index (κ1) is 18.7. The van der Waals surface area contributed by atoms with E-state index in [-0.39, 0.29) is 5.91 Å². The first-order chi connectivity index (χ1) is 12.6. The number of carbonyl (C=O) groups excluding carboxylic acids is 1. The zero-order valence-corrected chi connectivity index (χ0v) is 16.1. The zero-order valence-electron chi connectivity index (χ0n) is 15.4. The van der Waals surface area contributed by atoms with Gasteiger partial charge < -0.3 is 9.64 Å². The maximum Gasteiger partial charge on any atom is 0.257 e. The van der Waals surface area contributed by atoms with Crippen LogP contribution in [-0.4, -0.2) is 49.0 Å². The van der Waals surface area contributed by atoms with Crippen LogP contribution in [0.4, 0.5) is 0 Å². The topological polar surface area (TPSA) is 32.8 Å². The van der Waals surface area contributed by atoms with Gasteiger partial charge in [-0.2, -0.15) is 0 Å². The number of rotatable bonds is 4. The molecule has 0 radical (unpaired) electrons. The second kappa shape index (κ2) is 8.56. The number of aryl methyl sites for hydroxylation is 1. The van der Waals surface area contributed by atoms with Gasteiger partial charge in [-0.15, -0.1) is 0 Å². The Morgan fingerprint density at radius 3 is 2.69 bits per heavy atom. The van der Waals surface area contributed by atoms with Gasteiger partial charge in [0, 0.05) is 37.7 Å². The molecular weight excluding hydrogens is 348 g/mol. The molecule has 2 aromatic rings. The second-order valence-corrected chi connectivity index (χ2v) is 7.13. The van der Waals surface area contributed by atoms with E-state index < -0.39 is 0 Å². The van der Waals surface area contributed by atoms with Crippen molar-refractivity contribution in [1.82, 2.24) is 9.80 Å². The largest absolute Gasteiger partial charge is 0.496 e. The van der Waals surface area contributed by atoms with E-state index in [0.717, 1.165) is 39.1 Å². The molecule has 0 bridgehead atoms. The lowest BCUT2D eigenvalue weighted by Gasteiger charge is -2.23. The summed E-state index contributed by atoms with van der Waals surface area (Å²) < 4.78 is 5.34. The highest BCUT2D eigenvalue weighted by atomic mass is 35.5. The summed E-state index contributed by atoms with van der Waals surface area (Å²) in [4.78, 5) is 17.3. The zero-order chi connectivity index (χ0) is 18.5. The van der Waals surface area contributed by atoms with E-state index in [9.17, 15) is 4.79 Å². The molecule has 1 aliphatic heterocycles. The highest BCUT2D eigenvalue weighted by Gasteiger charge is 2.23. The van der Waals surface area contributed by atoms with E-state index in [1.807, 2.05) is 4.90 Å². The van der Waals surface area contributed by atoms with E-state index in [2.05, 4.69) is 36.1 Å². The summed E-state index contributed by atoms with van der Waals surface area (Å²) in [5.74, 6) is 0.541. The molecule has 0 aromatic heterocycles. The van der Waals surface area contributed by atoms with Crippen LogP contribution in [0.3, 0.4) is 0 Å². The summed E-state index contributed by atoms with van der Waals surface area (Å²) in [5, 5.41) is 0.568. The summed E-state index contributed by atoms with van der Waals surface area (Å²) in [5.41, 5.74) is 3.24. The molecule has 1 amide bonds. The van der Waals surface area contributed by atoms with Crippen molar-refractivity contribution in [3.05, 3.63) is 64.2 Å². The lowest BCUT2D eigenvalue weighted by molar-refractivity contribution is 0.0757. The Bertz CT molecular complexity index is 778. The fourth-order valence-corrected chi connectivity index (χ4v) is 3.53. The van der Waals surface area contributed by atoms with Gasteiger partial charge in [-0.1, -0.05) is 35.9 Å². The minimum atomic E-state index is 0.0104. The van der Waals surface area contributed by atoms with E-state index in [1.54, 1.807) is 25.3 Å². The Morgan fingerprint density at radius 1 is 1.12 bits per heavy atom. The Kier molecular flexibility index (Phi) is 6.17. The molecule has 3 rings (SSSR count). The SMILES string of the molecule is COc1cc(Cl)ccc1C(=O)N1CCCN(Cc2ccccc2C)CC1. The van der Waals surface area contributed by atoms with Crippen LogP contribution >= 0.6 is 11.6 Å². The molecule has 0 atom stereocenters. The van der Waals surface area contributed by atoms with Crippen LogP contribution in [-0.2, 0) is 6.54 Å². The number of methoxy groups -OCH3 is 1. The molecule has 0 aliphatic carbocycles. The summed E-state index contributed by atoms with van der Waals surface area (Å²) in [6.07, 6.45) is 0.966.